The number of benzene rings is 2. The van der Waals surface area contributed by atoms with Gasteiger partial charge in [-0.2, -0.15) is 0 Å². The van der Waals surface area contributed by atoms with Crippen molar-refractivity contribution in [2.75, 3.05) is 6.54 Å². The summed E-state index contributed by atoms with van der Waals surface area (Å²) >= 11 is 7.53. The Labute approximate surface area is 167 Å². The van der Waals surface area contributed by atoms with E-state index in [-0.39, 0.29) is 24.4 Å². The van der Waals surface area contributed by atoms with Gasteiger partial charge in [0.25, 0.3) is 5.91 Å². The lowest BCUT2D eigenvalue weighted by Gasteiger charge is -2.18. The molecule has 4 nitrogen and oxygen atoms in total. The molecule has 27 heavy (non-hydrogen) atoms. The van der Waals surface area contributed by atoms with E-state index in [4.69, 9.17) is 11.6 Å². The molecule has 0 spiro atoms. The number of halogens is 1. The highest BCUT2D eigenvalue weighted by molar-refractivity contribution is 7.10. The number of rotatable bonds is 6. The lowest BCUT2D eigenvalue weighted by molar-refractivity contribution is -0.120. The van der Waals surface area contributed by atoms with Gasteiger partial charge in [-0.15, -0.1) is 11.3 Å². The Morgan fingerprint density at radius 1 is 1.04 bits per heavy atom. The van der Waals surface area contributed by atoms with Crippen LogP contribution in [0.4, 0.5) is 0 Å². The number of nitrogens with one attached hydrogen (secondary N) is 2. The van der Waals surface area contributed by atoms with Gasteiger partial charge >= 0.3 is 0 Å². The molecule has 2 N–H and O–H groups in total. The number of carbonyl (C=O) groups excluding carboxylic acids is 2. The molecule has 2 aromatic carbocycles. The Balaban J connectivity index is 1.67. The minimum Gasteiger partial charge on any atom is -0.343 e. The molecule has 6 heteroatoms. The molecule has 0 aliphatic carbocycles. The largest absolute Gasteiger partial charge is 0.343 e. The molecule has 3 aromatic rings. The molecule has 1 unspecified atom stereocenters. The van der Waals surface area contributed by atoms with E-state index in [0.717, 1.165) is 16.0 Å². The van der Waals surface area contributed by atoms with E-state index < -0.39 is 0 Å². The fourth-order valence-electron chi connectivity index (χ4n) is 2.72. The van der Waals surface area contributed by atoms with Crippen LogP contribution in [0.5, 0.6) is 0 Å². The van der Waals surface area contributed by atoms with Crippen molar-refractivity contribution in [3.8, 4) is 0 Å². The molecule has 2 amide bonds. The first-order chi connectivity index (χ1) is 13.0. The number of aryl methyl sites for hydroxylation is 1. The van der Waals surface area contributed by atoms with Crippen molar-refractivity contribution in [3.63, 3.8) is 0 Å². The van der Waals surface area contributed by atoms with Gasteiger partial charge in [0.15, 0.2) is 0 Å². The van der Waals surface area contributed by atoms with Crippen LogP contribution < -0.4 is 10.6 Å². The van der Waals surface area contributed by atoms with Crippen LogP contribution in [0.15, 0.2) is 66.0 Å². The summed E-state index contributed by atoms with van der Waals surface area (Å²) < 4.78 is 0. The highest BCUT2D eigenvalue weighted by Crippen LogP contribution is 2.27. The third-order valence-electron chi connectivity index (χ3n) is 4.14. The molecular formula is C21H19ClN2O2S. The molecule has 1 atom stereocenters. The molecule has 3 rings (SSSR count). The van der Waals surface area contributed by atoms with Gasteiger partial charge in [-0.25, -0.2) is 0 Å². The third-order valence-corrected chi connectivity index (χ3v) is 5.32. The summed E-state index contributed by atoms with van der Waals surface area (Å²) in [6.45, 7) is 1.77. The van der Waals surface area contributed by atoms with Crippen molar-refractivity contribution in [2.24, 2.45) is 0 Å². The highest BCUT2D eigenvalue weighted by atomic mass is 35.5. The van der Waals surface area contributed by atoms with E-state index in [1.54, 1.807) is 35.6 Å². The monoisotopic (exact) mass is 398 g/mol. The zero-order chi connectivity index (χ0) is 19.2. The lowest BCUT2D eigenvalue weighted by atomic mass is 10.1. The van der Waals surface area contributed by atoms with Crippen molar-refractivity contribution < 1.29 is 9.59 Å². The average Bonchev–Trinajstić information content (AvgIpc) is 3.20. The van der Waals surface area contributed by atoms with Gasteiger partial charge in [-0.3, -0.25) is 9.59 Å². The molecule has 1 aromatic heterocycles. The van der Waals surface area contributed by atoms with Gasteiger partial charge in [0, 0.05) is 15.5 Å². The normalized spacial score (nSPS) is 11.6. The van der Waals surface area contributed by atoms with Crippen molar-refractivity contribution in [3.05, 3.63) is 92.6 Å². The van der Waals surface area contributed by atoms with Crippen molar-refractivity contribution in [2.45, 2.75) is 13.0 Å². The maximum atomic E-state index is 12.5. The Kier molecular flexibility index (Phi) is 6.27. The van der Waals surface area contributed by atoms with Crippen molar-refractivity contribution in [1.29, 1.82) is 0 Å². The van der Waals surface area contributed by atoms with E-state index in [9.17, 15) is 9.59 Å². The van der Waals surface area contributed by atoms with Gasteiger partial charge in [-0.05, 0) is 47.7 Å². The summed E-state index contributed by atoms with van der Waals surface area (Å²) in [5, 5.41) is 8.27. The van der Waals surface area contributed by atoms with Gasteiger partial charge in [-0.1, -0.05) is 48.0 Å². The van der Waals surface area contributed by atoms with Gasteiger partial charge in [0.05, 0.1) is 12.6 Å². The smallest absolute Gasteiger partial charge is 0.251 e. The Morgan fingerprint density at radius 3 is 2.44 bits per heavy atom. The molecule has 1 heterocycles. The Morgan fingerprint density at radius 2 is 1.78 bits per heavy atom. The van der Waals surface area contributed by atoms with E-state index in [1.165, 1.54) is 0 Å². The topological polar surface area (TPSA) is 58.2 Å². The Hall–Kier alpha value is -2.63. The average molecular weight is 399 g/mol. The molecule has 138 valence electrons. The summed E-state index contributed by atoms with van der Waals surface area (Å²) in [5.41, 5.74) is 2.37. The fourth-order valence-corrected chi connectivity index (χ4v) is 3.65. The number of carbonyl (C=O) groups is 2. The second-order valence-electron chi connectivity index (χ2n) is 6.07. The first-order valence-electron chi connectivity index (χ1n) is 8.46. The molecule has 0 fully saturated rings. The van der Waals surface area contributed by atoms with E-state index in [1.807, 2.05) is 48.7 Å². The van der Waals surface area contributed by atoms with E-state index in [2.05, 4.69) is 10.6 Å². The summed E-state index contributed by atoms with van der Waals surface area (Å²) in [6.07, 6.45) is 0. The summed E-state index contributed by atoms with van der Waals surface area (Å²) in [5.74, 6) is -0.521. The second kappa shape index (κ2) is 8.84. The summed E-state index contributed by atoms with van der Waals surface area (Å²) in [6, 6.07) is 18.3. The fraction of sp³-hybridized carbons (Fsp3) is 0.143. The van der Waals surface area contributed by atoms with Crippen LogP contribution >= 0.6 is 22.9 Å². The number of hydrogen-bond acceptors (Lipinski definition) is 3. The number of amides is 2. The maximum Gasteiger partial charge on any atom is 0.251 e. The van der Waals surface area contributed by atoms with Gasteiger partial charge in [0.1, 0.15) is 0 Å². The van der Waals surface area contributed by atoms with Crippen molar-refractivity contribution in [1.82, 2.24) is 10.6 Å². The molecule has 0 aliphatic heterocycles. The minimum absolute atomic E-state index is 0.0946. The minimum atomic E-state index is -0.287. The zero-order valence-corrected chi connectivity index (χ0v) is 16.3. The van der Waals surface area contributed by atoms with Crippen LogP contribution in [-0.2, 0) is 4.79 Å². The van der Waals surface area contributed by atoms with Crippen molar-refractivity contribution >= 4 is 34.8 Å². The Bertz CT molecular complexity index is 924. The second-order valence-corrected chi connectivity index (χ2v) is 7.48. The SMILES string of the molecule is Cc1ccccc1C(=O)NCC(=O)NC(c1ccc(Cl)cc1)c1cccs1. The van der Waals surface area contributed by atoms with Crippen LogP contribution in [-0.4, -0.2) is 18.4 Å². The van der Waals surface area contributed by atoms with Crippen LogP contribution in [0.25, 0.3) is 0 Å². The van der Waals surface area contributed by atoms with Gasteiger partial charge < -0.3 is 10.6 Å². The van der Waals surface area contributed by atoms with E-state index in [0.29, 0.717) is 10.6 Å². The third kappa shape index (κ3) is 4.96. The quantitative estimate of drug-likeness (QED) is 0.648. The first-order valence-corrected chi connectivity index (χ1v) is 9.72. The molecule has 0 radical (unpaired) electrons. The standard InChI is InChI=1S/C21H19ClN2O2S/c1-14-5-2-3-6-17(14)21(26)23-13-19(25)24-20(18-7-4-12-27-18)15-8-10-16(22)11-9-15/h2-12,20H,13H2,1H3,(H,23,26)(H,24,25). The predicted molar refractivity (Wildman–Crippen MR) is 109 cm³/mol. The predicted octanol–water partition coefficient (Wildman–Crippen LogP) is 4.35. The lowest BCUT2D eigenvalue weighted by Crippen LogP contribution is -2.39. The summed E-state index contributed by atoms with van der Waals surface area (Å²) in [7, 11) is 0. The maximum absolute atomic E-state index is 12.5. The van der Waals surface area contributed by atoms with Crippen LogP contribution in [0.2, 0.25) is 5.02 Å². The van der Waals surface area contributed by atoms with Crippen LogP contribution in [0, 0.1) is 6.92 Å². The molecular weight excluding hydrogens is 380 g/mol. The molecule has 0 bridgehead atoms. The molecule has 0 saturated heterocycles. The number of hydrogen-bond donors (Lipinski definition) is 2. The molecule has 0 saturated carbocycles. The summed E-state index contributed by atoms with van der Waals surface area (Å²) in [4.78, 5) is 25.8. The van der Waals surface area contributed by atoms with E-state index >= 15 is 0 Å². The number of thiophene rings is 1. The van der Waals surface area contributed by atoms with Crippen LogP contribution in [0.1, 0.15) is 32.4 Å². The first kappa shape index (κ1) is 19.1. The zero-order valence-electron chi connectivity index (χ0n) is 14.7. The van der Waals surface area contributed by atoms with Gasteiger partial charge in [0.2, 0.25) is 5.91 Å². The highest BCUT2D eigenvalue weighted by Gasteiger charge is 2.18. The molecule has 0 aliphatic rings. The van der Waals surface area contributed by atoms with Crippen LogP contribution in [0.3, 0.4) is 0 Å².